The van der Waals surface area contributed by atoms with E-state index < -0.39 is 10.8 Å². The highest BCUT2D eigenvalue weighted by Crippen LogP contribution is 2.68. The van der Waals surface area contributed by atoms with Gasteiger partial charge in [0.15, 0.2) is 11.6 Å². The molecule has 13 aromatic carbocycles. The van der Waals surface area contributed by atoms with Gasteiger partial charge in [0.2, 0.25) is 0 Å². The van der Waals surface area contributed by atoms with Crippen LogP contribution in [0.5, 0.6) is 0 Å². The zero-order valence-electron chi connectivity index (χ0n) is 56.8. The van der Waals surface area contributed by atoms with Gasteiger partial charge >= 0.3 is 0 Å². The van der Waals surface area contributed by atoms with Gasteiger partial charge in [0.05, 0.1) is 50.7 Å². The summed E-state index contributed by atoms with van der Waals surface area (Å²) in [5.74, 6) is 2.26. The number of fused-ring (bicyclic) bond motifs is 22. The molecule has 106 heavy (non-hydrogen) atoms. The van der Waals surface area contributed by atoms with Crippen LogP contribution in [0.1, 0.15) is 44.5 Å². The van der Waals surface area contributed by atoms with Crippen molar-refractivity contribution in [3.63, 3.8) is 0 Å². The minimum Gasteiger partial charge on any atom is -0.310 e. The minimum absolute atomic E-state index is 0.442. The maximum atomic E-state index is 5.41. The van der Waals surface area contributed by atoms with E-state index in [-0.39, 0.29) is 0 Å². The van der Waals surface area contributed by atoms with E-state index in [2.05, 4.69) is 329 Å². The molecule has 0 fully saturated rings. The summed E-state index contributed by atoms with van der Waals surface area (Å²) in [4.78, 5) is 31.2. The lowest BCUT2D eigenvalue weighted by Crippen LogP contribution is -2.36. The topological polar surface area (TPSA) is 58.0 Å². The van der Waals surface area contributed by atoms with Gasteiger partial charge in [-0.05, 0) is 200 Å². The van der Waals surface area contributed by atoms with Crippen molar-refractivity contribution in [2.24, 2.45) is 0 Å². The summed E-state index contributed by atoms with van der Waals surface area (Å²) in [7, 11) is 0. The van der Waals surface area contributed by atoms with Crippen molar-refractivity contribution in [3.8, 4) is 76.1 Å². The first-order valence-corrected chi connectivity index (χ1v) is 39.2. The first-order valence-electron chi connectivity index (χ1n) is 35.7. The van der Waals surface area contributed by atoms with Gasteiger partial charge in [0.1, 0.15) is 5.82 Å². The van der Waals surface area contributed by atoms with E-state index in [0.717, 1.165) is 67.8 Å². The molecule has 0 atom stereocenters. The van der Waals surface area contributed by atoms with Crippen molar-refractivity contribution in [1.82, 2.24) is 19.9 Å². The third kappa shape index (κ3) is 9.18. The van der Waals surface area contributed by atoms with Crippen LogP contribution in [0.2, 0.25) is 0 Å². The molecule has 19 aromatic rings. The van der Waals surface area contributed by atoms with E-state index in [1.54, 1.807) is 0 Å². The molecule has 2 spiro atoms. The molecule has 0 saturated carbocycles. The average Bonchev–Trinajstić information content (AvgIpc) is 1.47. The minimum atomic E-state index is -0.475. The van der Waals surface area contributed by atoms with E-state index in [9.17, 15) is 0 Å². The lowest BCUT2D eigenvalue weighted by Gasteiger charge is -2.45. The Hall–Kier alpha value is -12.5. The maximum absolute atomic E-state index is 5.41. The van der Waals surface area contributed by atoms with Gasteiger partial charge in [0, 0.05) is 59.1 Å². The van der Waals surface area contributed by atoms with E-state index in [1.807, 2.05) is 75.7 Å². The predicted molar refractivity (Wildman–Crippen MR) is 444 cm³/mol. The number of nitrogens with zero attached hydrogens (tertiary/aromatic N) is 6. The Morgan fingerprint density at radius 3 is 0.830 bits per heavy atom. The fourth-order valence-electron chi connectivity index (χ4n) is 17.4. The molecule has 0 unspecified atom stereocenters. The van der Waals surface area contributed by atoms with Crippen molar-refractivity contribution < 1.29 is 0 Å². The quantitative estimate of drug-likeness (QED) is 0.158. The molecule has 4 aliphatic rings. The highest BCUT2D eigenvalue weighted by atomic mass is 32.1. The summed E-state index contributed by atoms with van der Waals surface area (Å²) in [5.41, 5.74) is 23.4. The van der Waals surface area contributed by atoms with Crippen LogP contribution in [0.4, 0.5) is 34.3 Å². The molecule has 496 valence electrons. The second kappa shape index (κ2) is 24.0. The number of rotatable bonds is 7. The number of aromatic nitrogens is 4. The molecule has 0 N–H and O–H groups in total. The second-order valence-corrected chi connectivity index (χ2v) is 31.3. The van der Waals surface area contributed by atoms with Crippen LogP contribution < -0.4 is 9.80 Å². The summed E-state index contributed by atoms with van der Waals surface area (Å²) in [6, 6.07) is 119. The summed E-state index contributed by atoms with van der Waals surface area (Å²) >= 11 is 7.44. The van der Waals surface area contributed by atoms with Crippen molar-refractivity contribution in [2.45, 2.75) is 10.8 Å². The lowest BCUT2D eigenvalue weighted by molar-refractivity contribution is 0.758. The first-order chi connectivity index (χ1) is 52.5. The third-order valence-electron chi connectivity index (χ3n) is 22.0. The van der Waals surface area contributed by atoms with Gasteiger partial charge in [-0.1, -0.05) is 231 Å². The molecular formula is C96H58N6S4. The smallest absolute Gasteiger partial charge is 0.162 e. The molecule has 0 radical (unpaired) electrons. The molecule has 0 amide bonds. The van der Waals surface area contributed by atoms with Crippen LogP contribution >= 0.6 is 45.3 Å². The zero-order valence-corrected chi connectivity index (χ0v) is 60.1. The molecule has 10 heteroatoms. The fourth-order valence-corrected chi connectivity index (χ4v) is 21.6. The van der Waals surface area contributed by atoms with E-state index in [1.165, 1.54) is 118 Å². The Morgan fingerprint density at radius 1 is 0.217 bits per heavy atom. The van der Waals surface area contributed by atoms with Crippen LogP contribution in [0.3, 0.4) is 0 Å². The van der Waals surface area contributed by atoms with Crippen LogP contribution in [-0.4, -0.2) is 19.9 Å². The van der Waals surface area contributed by atoms with Gasteiger partial charge in [-0.15, -0.1) is 45.3 Å². The van der Waals surface area contributed by atoms with E-state index >= 15 is 0 Å². The number of benzene rings is 13. The second-order valence-electron chi connectivity index (χ2n) is 27.6. The molecule has 2 aliphatic carbocycles. The maximum Gasteiger partial charge on any atom is 0.162 e. The van der Waals surface area contributed by atoms with Gasteiger partial charge < -0.3 is 4.90 Å². The highest BCUT2D eigenvalue weighted by Gasteiger charge is 2.55. The van der Waals surface area contributed by atoms with Gasteiger partial charge in [-0.2, -0.15) is 0 Å². The highest BCUT2D eigenvalue weighted by molar-refractivity contribution is 7.21. The summed E-state index contributed by atoms with van der Waals surface area (Å²) in [6.45, 7) is 0. The Balaban J connectivity index is 0.000000133. The summed E-state index contributed by atoms with van der Waals surface area (Å²) in [6.07, 6.45) is 0. The zero-order chi connectivity index (χ0) is 69.6. The number of thiophene rings is 4. The standard InChI is InChI=1S/C51H31N3S2.C45H27N3S2/c1-3-11-32(12-4-1)44-31-45(53-50(52-44)34-13-5-2-6-14-34)33-19-21-39(22-20-33)54-46-29-37-17-9-7-15-35(37)27-42(46)51(40-23-25-55-48(40)49-41(51)24-26-56-49)43-28-36-16-8-10-18-38(36)30-47(43)54;1-3-11-28(12-4-1)38-27-41(47-44(46-38)29-13-5-2-6-14-29)48-39-25-32-17-9-7-15-30(32)23-36(39)45(34-19-21-49-42(34)43-35(45)20-22-50-43)37-24-31-16-8-10-18-33(31)26-40(37)48/h1-31H;1-27H. The molecule has 0 bridgehead atoms. The van der Waals surface area contributed by atoms with Crippen molar-refractivity contribution in [3.05, 3.63) is 394 Å². The summed E-state index contributed by atoms with van der Waals surface area (Å²) < 4.78 is 0. The molecule has 6 aromatic heterocycles. The largest absolute Gasteiger partial charge is 0.310 e. The van der Waals surface area contributed by atoms with E-state index in [0.29, 0.717) is 11.6 Å². The predicted octanol–water partition coefficient (Wildman–Crippen LogP) is 26.4. The average molecular weight is 1420 g/mol. The SMILES string of the molecule is c1ccc(-c2cc(-c3ccc(N4c5cc6ccccc6cc5C5(c6cc7ccccc7cc64)c4ccsc4-c4sccc45)cc3)nc(-c3ccccc3)n2)cc1.c1ccc(-c2cc(N3c4cc5ccccc5cc4C4(c5cc6ccccc6cc53)c3ccsc3-c3sccc34)nc(-c3ccccc3)n2)cc1. The van der Waals surface area contributed by atoms with Gasteiger partial charge in [0.25, 0.3) is 0 Å². The Bertz CT molecular complexity index is 6360. The van der Waals surface area contributed by atoms with E-state index in [4.69, 9.17) is 19.9 Å². The number of anilines is 6. The van der Waals surface area contributed by atoms with Crippen LogP contribution in [0, 0.1) is 0 Å². The molecular weight excluding hydrogens is 1370 g/mol. The molecule has 8 heterocycles. The van der Waals surface area contributed by atoms with Gasteiger partial charge in [-0.25, -0.2) is 19.9 Å². The van der Waals surface area contributed by atoms with Crippen LogP contribution in [-0.2, 0) is 10.8 Å². The molecule has 2 aliphatic heterocycles. The molecule has 6 nitrogen and oxygen atoms in total. The monoisotopic (exact) mass is 1420 g/mol. The molecule has 0 saturated heterocycles. The Morgan fingerprint density at radius 2 is 0.491 bits per heavy atom. The molecule has 23 rings (SSSR count). The third-order valence-corrected chi connectivity index (χ3v) is 26.0. The fraction of sp³-hybridized carbons (Fsp3) is 0.0208. The number of hydrogen-bond donors (Lipinski definition) is 0. The normalized spacial score (nSPS) is 13.6. The number of hydrogen-bond acceptors (Lipinski definition) is 10. The van der Waals surface area contributed by atoms with Crippen molar-refractivity contribution in [2.75, 3.05) is 9.80 Å². The van der Waals surface area contributed by atoms with Gasteiger partial charge in [-0.3, -0.25) is 4.90 Å². The Kier molecular flexibility index (Phi) is 13.8. The summed E-state index contributed by atoms with van der Waals surface area (Å²) in [5, 5.41) is 18.9. The first kappa shape index (κ1) is 61.0. The lowest BCUT2D eigenvalue weighted by atomic mass is 9.64. The Labute approximate surface area is 628 Å². The van der Waals surface area contributed by atoms with Crippen LogP contribution in [0.25, 0.3) is 119 Å². The van der Waals surface area contributed by atoms with Crippen LogP contribution in [0.15, 0.2) is 349 Å². The van der Waals surface area contributed by atoms with Crippen molar-refractivity contribution >= 4 is 123 Å². The van der Waals surface area contributed by atoms with Crippen molar-refractivity contribution in [1.29, 1.82) is 0 Å².